The highest BCUT2D eigenvalue weighted by Crippen LogP contribution is 2.66. The second-order valence-corrected chi connectivity index (χ2v) is 16.7. The van der Waals surface area contributed by atoms with E-state index in [2.05, 4.69) is 0 Å². The number of rotatable bonds is 22. The maximum Gasteiger partial charge on any atom is 0.460 e. The standard InChI is InChI=1S/C13H12F17NO3S.C11H8F17NO3S/c1-2-3-31(4-5-32)35(33,34)13(29,30)11(24,25)9(20,21)7(16,17)6(14,15)8(18,19)10(22,23)12(26,27)28;1-29(2-3-30)33(31,32)11(27,28)9(22,23)7(18,19)5(14,15)4(12,13)6(16,17)8(20,21)10(24,25)26/h32H,2-5H2,1H3;30H,2-3H2,1H3. The molecular weight excluding hydrogens is 1120 g/mol. The van der Waals surface area contributed by atoms with Crippen LogP contribution < -0.4 is 0 Å². The molecule has 0 saturated heterocycles. The number of halogens is 34. The minimum atomic E-state index is -8.87. The highest BCUT2D eigenvalue weighted by atomic mass is 32.2. The van der Waals surface area contributed by atoms with Crippen molar-refractivity contribution in [3.8, 4) is 0 Å². The predicted molar refractivity (Wildman–Crippen MR) is 148 cm³/mol. The van der Waals surface area contributed by atoms with Gasteiger partial charge in [0.15, 0.2) is 0 Å². The molecule has 2 N–H and O–H groups in total. The SMILES string of the molecule is CCCN(CCO)S(=O)(=O)C(F)(F)C(F)(F)C(F)(F)C(F)(F)C(F)(F)C(F)(F)C(F)(F)C(F)(F)F.CN(CCO)S(=O)(=O)C(F)(F)C(F)(F)C(F)(F)C(F)(F)C(F)(F)C(F)(F)C(F)(F)C(F)(F)F. The summed E-state index contributed by atoms with van der Waals surface area (Å²) in [5.74, 6) is -104. The van der Waals surface area contributed by atoms with Crippen LogP contribution in [0.1, 0.15) is 13.3 Å². The lowest BCUT2D eigenvalue weighted by Gasteiger charge is -2.43. The van der Waals surface area contributed by atoms with Crippen molar-refractivity contribution < 1.29 is 176 Å². The van der Waals surface area contributed by atoms with Gasteiger partial charge in [0.1, 0.15) is 0 Å². The van der Waals surface area contributed by atoms with Gasteiger partial charge in [-0.05, 0) is 6.42 Å². The van der Waals surface area contributed by atoms with Gasteiger partial charge in [0.2, 0.25) is 0 Å². The molecule has 0 aromatic rings. The van der Waals surface area contributed by atoms with Crippen molar-refractivity contribution in [1.29, 1.82) is 0 Å². The molecule has 0 heterocycles. The summed E-state index contributed by atoms with van der Waals surface area (Å²) in [6.07, 6.45) is -16.4. The Labute approximate surface area is 352 Å². The van der Waals surface area contributed by atoms with Gasteiger partial charge in [-0.1, -0.05) is 6.92 Å². The molecule has 0 unspecified atom stereocenters. The molecule has 0 fully saturated rings. The number of alkyl halides is 34. The zero-order valence-corrected chi connectivity index (χ0v) is 33.0. The maximum absolute atomic E-state index is 14.0. The van der Waals surface area contributed by atoms with Crippen LogP contribution in [0.2, 0.25) is 0 Å². The number of likely N-dealkylation sites (N-methyl/N-ethyl adjacent to an activating group) is 1. The highest BCUT2D eigenvalue weighted by molar-refractivity contribution is 7.90. The summed E-state index contributed by atoms with van der Waals surface area (Å²) in [6.45, 7) is -6.63. The average molecular weight is 1140 g/mol. The van der Waals surface area contributed by atoms with Crippen LogP contribution in [0.25, 0.3) is 0 Å². The van der Waals surface area contributed by atoms with Crippen LogP contribution in [-0.4, -0.2) is 169 Å². The van der Waals surface area contributed by atoms with Gasteiger partial charge in [-0.25, -0.2) is 16.8 Å². The molecule has 0 saturated carbocycles. The monoisotopic (exact) mass is 1140 g/mol. The Hall–Kier alpha value is -2.64. The van der Waals surface area contributed by atoms with Crippen LogP contribution in [0.5, 0.6) is 0 Å². The molecule has 0 bridgehead atoms. The van der Waals surface area contributed by atoms with E-state index in [0.717, 1.165) is 6.92 Å². The van der Waals surface area contributed by atoms with Gasteiger partial charge >= 0.3 is 93.9 Å². The first-order valence-corrected chi connectivity index (χ1v) is 18.5. The maximum atomic E-state index is 14.0. The Morgan fingerprint density at radius 1 is 0.324 bits per heavy atom. The minimum Gasteiger partial charge on any atom is -0.395 e. The van der Waals surface area contributed by atoms with Crippen LogP contribution in [-0.2, 0) is 20.0 Å². The number of nitrogens with zero attached hydrogens (tertiary/aromatic N) is 2. The van der Waals surface area contributed by atoms with Crippen LogP contribution in [0.3, 0.4) is 0 Å². The molecule has 0 radical (unpaired) electrons. The largest absolute Gasteiger partial charge is 0.460 e. The first-order valence-electron chi connectivity index (χ1n) is 15.6. The molecule has 0 aliphatic rings. The molecule has 0 aliphatic carbocycles. The number of sulfonamides is 2. The van der Waals surface area contributed by atoms with Gasteiger partial charge in [0.25, 0.3) is 20.0 Å². The highest BCUT2D eigenvalue weighted by Gasteiger charge is 2.98. The fourth-order valence-electron chi connectivity index (χ4n) is 3.95. The van der Waals surface area contributed by atoms with Crippen molar-refractivity contribution in [2.75, 3.05) is 39.9 Å². The zero-order chi connectivity index (χ0) is 56.4. The van der Waals surface area contributed by atoms with Crippen molar-refractivity contribution in [3.05, 3.63) is 0 Å². The zero-order valence-electron chi connectivity index (χ0n) is 31.3. The number of hydrogen-bond acceptors (Lipinski definition) is 6. The van der Waals surface area contributed by atoms with Gasteiger partial charge in [-0.2, -0.15) is 158 Å². The Bertz CT molecular complexity index is 1940. The quantitative estimate of drug-likeness (QED) is 0.105. The summed E-state index contributed by atoms with van der Waals surface area (Å²) < 4.78 is 490. The van der Waals surface area contributed by atoms with E-state index in [-0.39, 0.29) is 7.05 Å². The van der Waals surface area contributed by atoms with Crippen molar-refractivity contribution in [1.82, 2.24) is 8.61 Å². The number of hydrogen-bond donors (Lipinski definition) is 2. The molecule has 0 atom stereocenters. The summed E-state index contributed by atoms with van der Waals surface area (Å²) in [6, 6.07) is 0. The summed E-state index contributed by atoms with van der Waals surface area (Å²) in [5, 5.41) is 1.71. The number of aliphatic hydroxyl groups excluding tert-OH is 2. The van der Waals surface area contributed by atoms with Crippen molar-refractivity contribution >= 4 is 20.0 Å². The van der Waals surface area contributed by atoms with E-state index in [1.165, 1.54) is 0 Å². The molecule has 0 rings (SSSR count). The molecular formula is C24H20F34N2O6S2. The Kier molecular flexibility index (Phi) is 18.6. The van der Waals surface area contributed by atoms with Crippen molar-refractivity contribution in [2.24, 2.45) is 0 Å². The fourth-order valence-corrected chi connectivity index (χ4v) is 6.64. The summed E-state index contributed by atoms with van der Waals surface area (Å²) in [4.78, 5) is 0. The lowest BCUT2D eigenvalue weighted by atomic mass is 9.91. The molecule has 0 spiro atoms. The fraction of sp³-hybridized carbons (Fsp3) is 1.00. The third-order valence-corrected chi connectivity index (χ3v) is 11.9. The molecule has 412 valence electrons. The summed E-state index contributed by atoms with van der Waals surface area (Å²) in [7, 11) is -14.8. The third kappa shape index (κ3) is 9.35. The molecule has 0 amide bonds. The van der Waals surface area contributed by atoms with Gasteiger partial charge in [0, 0.05) is 26.7 Å². The predicted octanol–water partition coefficient (Wildman–Crippen LogP) is 9.19. The third-order valence-electron chi connectivity index (χ3n) is 8.02. The van der Waals surface area contributed by atoms with Crippen LogP contribution in [0.15, 0.2) is 0 Å². The first kappa shape index (κ1) is 67.4. The Morgan fingerprint density at radius 2 is 0.529 bits per heavy atom. The molecule has 0 aromatic carbocycles. The van der Waals surface area contributed by atoms with E-state index in [1.54, 1.807) is 0 Å². The molecule has 8 nitrogen and oxygen atoms in total. The van der Waals surface area contributed by atoms with E-state index in [9.17, 15) is 166 Å². The van der Waals surface area contributed by atoms with Gasteiger partial charge < -0.3 is 10.2 Å². The van der Waals surface area contributed by atoms with E-state index in [1.807, 2.05) is 0 Å². The lowest BCUT2D eigenvalue weighted by Crippen LogP contribution is -2.75. The van der Waals surface area contributed by atoms with Gasteiger partial charge in [-0.3, -0.25) is 0 Å². The molecule has 0 aliphatic heterocycles. The van der Waals surface area contributed by atoms with E-state index >= 15 is 0 Å². The molecule has 68 heavy (non-hydrogen) atoms. The topological polar surface area (TPSA) is 115 Å². The van der Waals surface area contributed by atoms with Crippen LogP contribution in [0.4, 0.5) is 149 Å². The Morgan fingerprint density at radius 3 is 0.735 bits per heavy atom. The summed E-state index contributed by atoms with van der Waals surface area (Å²) >= 11 is 0. The number of aliphatic hydroxyl groups is 2. The normalized spacial score (nSPS) is 16.4. The lowest BCUT2D eigenvalue weighted by molar-refractivity contribution is -0.458. The van der Waals surface area contributed by atoms with Gasteiger partial charge in [-0.15, -0.1) is 0 Å². The summed E-state index contributed by atoms with van der Waals surface area (Å²) in [5.41, 5.74) is 0. The second kappa shape index (κ2) is 18.8. The average Bonchev–Trinajstić information content (AvgIpc) is 3.12. The van der Waals surface area contributed by atoms with Crippen LogP contribution >= 0.6 is 0 Å². The Balaban J connectivity index is 0. The van der Waals surface area contributed by atoms with Crippen molar-refractivity contribution in [2.45, 2.75) is 107 Å². The molecule has 0 aromatic heterocycles. The smallest absolute Gasteiger partial charge is 0.395 e. The van der Waals surface area contributed by atoms with Gasteiger partial charge in [0.05, 0.1) is 13.2 Å². The minimum absolute atomic E-state index is 0.168. The molecule has 44 heteroatoms. The van der Waals surface area contributed by atoms with E-state index in [4.69, 9.17) is 10.2 Å². The first-order chi connectivity index (χ1) is 29.0. The van der Waals surface area contributed by atoms with E-state index < -0.39 is 162 Å². The van der Waals surface area contributed by atoms with Crippen molar-refractivity contribution in [3.63, 3.8) is 0 Å². The van der Waals surface area contributed by atoms with Crippen LogP contribution in [0, 0.1) is 0 Å². The second-order valence-electron chi connectivity index (χ2n) is 12.6. The van der Waals surface area contributed by atoms with E-state index in [0.29, 0.717) is 0 Å².